The Morgan fingerprint density at radius 1 is 1.04 bits per heavy atom. The number of likely N-dealkylation sites (tertiary alicyclic amines) is 1. The minimum absolute atomic E-state index is 0. The molecule has 0 aromatic heterocycles. The second-order valence-electron chi connectivity index (χ2n) is 6.69. The molecule has 1 aromatic carbocycles. The van der Waals surface area contributed by atoms with Gasteiger partial charge in [-0.05, 0) is 24.9 Å². The Kier molecular flexibility index (Phi) is 8.03. The fourth-order valence-corrected chi connectivity index (χ4v) is 3.80. The van der Waals surface area contributed by atoms with Crippen molar-refractivity contribution in [3.8, 4) is 0 Å². The molecule has 2 fully saturated rings. The normalized spacial score (nSPS) is 22.5. The Morgan fingerprint density at radius 2 is 1.79 bits per heavy atom. The van der Waals surface area contributed by atoms with Crippen molar-refractivity contribution in [3.63, 3.8) is 0 Å². The van der Waals surface area contributed by atoms with E-state index in [1.54, 1.807) is 0 Å². The molecular weight excluding hydrogens is 322 g/mol. The van der Waals surface area contributed by atoms with Gasteiger partial charge in [-0.1, -0.05) is 43.2 Å². The van der Waals surface area contributed by atoms with Crippen molar-refractivity contribution in [2.45, 2.75) is 38.1 Å². The van der Waals surface area contributed by atoms with Crippen LogP contribution in [0, 0.1) is 0 Å². The van der Waals surface area contributed by atoms with Gasteiger partial charge in [0.25, 0.3) is 0 Å². The van der Waals surface area contributed by atoms with Crippen LogP contribution in [0.25, 0.3) is 0 Å². The first-order valence-electron chi connectivity index (χ1n) is 9.12. The predicted molar refractivity (Wildman–Crippen MR) is 101 cm³/mol. The molecule has 0 aliphatic carbocycles. The number of amides is 1. The van der Waals surface area contributed by atoms with Crippen LogP contribution in [0.4, 0.5) is 0 Å². The van der Waals surface area contributed by atoms with Crippen molar-refractivity contribution in [1.82, 2.24) is 15.1 Å². The summed E-state index contributed by atoms with van der Waals surface area (Å²) in [4.78, 5) is 17.0. The molecule has 0 spiro atoms. The Labute approximate surface area is 152 Å². The number of nitrogens with zero attached hydrogens (tertiary/aromatic N) is 2. The Morgan fingerprint density at radius 3 is 2.54 bits per heavy atom. The fraction of sp³-hybridized carbons (Fsp3) is 0.632. The second-order valence-corrected chi connectivity index (χ2v) is 6.69. The first kappa shape index (κ1) is 19.2. The van der Waals surface area contributed by atoms with Crippen LogP contribution in [0.5, 0.6) is 0 Å². The number of piperazine rings is 1. The van der Waals surface area contributed by atoms with E-state index >= 15 is 0 Å². The molecule has 2 heterocycles. The van der Waals surface area contributed by atoms with Crippen molar-refractivity contribution in [1.29, 1.82) is 0 Å². The maximum Gasteiger partial charge on any atom is 0.223 e. The lowest BCUT2D eigenvalue weighted by molar-refractivity contribution is -0.132. The topological polar surface area (TPSA) is 35.6 Å². The molecule has 2 aliphatic heterocycles. The third-order valence-electron chi connectivity index (χ3n) is 5.13. The van der Waals surface area contributed by atoms with Gasteiger partial charge in [0.05, 0.1) is 0 Å². The molecule has 1 aromatic rings. The van der Waals surface area contributed by atoms with Crippen LogP contribution in [0.1, 0.15) is 43.7 Å². The Hall–Kier alpha value is -1.10. The summed E-state index contributed by atoms with van der Waals surface area (Å²) in [6.07, 6.45) is 5.73. The molecule has 24 heavy (non-hydrogen) atoms. The van der Waals surface area contributed by atoms with Crippen LogP contribution in [0.15, 0.2) is 30.3 Å². The van der Waals surface area contributed by atoms with E-state index in [1.165, 1.54) is 31.2 Å². The molecule has 1 amide bonds. The smallest absolute Gasteiger partial charge is 0.223 e. The lowest BCUT2D eigenvalue weighted by atomic mass is 10.0. The predicted octanol–water partition coefficient (Wildman–Crippen LogP) is 2.85. The van der Waals surface area contributed by atoms with Gasteiger partial charge >= 0.3 is 0 Å². The van der Waals surface area contributed by atoms with Crippen LogP contribution >= 0.6 is 12.4 Å². The summed E-state index contributed by atoms with van der Waals surface area (Å²) in [5.41, 5.74) is 1.41. The van der Waals surface area contributed by atoms with Crippen molar-refractivity contribution in [3.05, 3.63) is 35.9 Å². The SMILES string of the molecule is Cl.O=C(CCN1CCCCCC1c1ccccc1)N1CCNCC1. The number of hydrogen-bond acceptors (Lipinski definition) is 3. The highest BCUT2D eigenvalue weighted by Gasteiger charge is 2.24. The standard InChI is InChI=1S/C19H29N3O.ClH/c23-19(22-15-11-20-12-16-22)10-14-21-13-6-2-5-9-18(21)17-7-3-1-4-8-17;/h1,3-4,7-8,18,20H,2,5-6,9-16H2;1H. The van der Waals surface area contributed by atoms with E-state index in [4.69, 9.17) is 0 Å². The molecule has 2 saturated heterocycles. The third kappa shape index (κ3) is 5.20. The van der Waals surface area contributed by atoms with Crippen molar-refractivity contribution in [2.75, 3.05) is 39.3 Å². The minimum Gasteiger partial charge on any atom is -0.340 e. The molecule has 3 rings (SSSR count). The summed E-state index contributed by atoms with van der Waals surface area (Å²) in [5.74, 6) is 0.322. The lowest BCUT2D eigenvalue weighted by Gasteiger charge is -2.32. The zero-order chi connectivity index (χ0) is 15.9. The van der Waals surface area contributed by atoms with E-state index in [1.807, 2.05) is 4.90 Å². The Bertz CT molecular complexity index is 491. The second kappa shape index (κ2) is 10.0. The van der Waals surface area contributed by atoms with E-state index in [9.17, 15) is 4.79 Å². The maximum atomic E-state index is 12.4. The van der Waals surface area contributed by atoms with Gasteiger partial charge in [0.1, 0.15) is 0 Å². The first-order chi connectivity index (χ1) is 11.3. The van der Waals surface area contributed by atoms with E-state index in [-0.39, 0.29) is 12.4 Å². The van der Waals surface area contributed by atoms with Crippen LogP contribution in [0.2, 0.25) is 0 Å². The summed E-state index contributed by atoms with van der Waals surface area (Å²) < 4.78 is 0. The van der Waals surface area contributed by atoms with Crippen LogP contribution in [-0.4, -0.2) is 55.0 Å². The van der Waals surface area contributed by atoms with Gasteiger partial charge in [0.15, 0.2) is 0 Å². The summed E-state index contributed by atoms with van der Waals surface area (Å²) in [6.45, 7) is 5.60. The Balaban J connectivity index is 0.00000208. The van der Waals surface area contributed by atoms with Gasteiger partial charge in [0, 0.05) is 45.2 Å². The average Bonchev–Trinajstić information content (AvgIpc) is 2.86. The zero-order valence-corrected chi connectivity index (χ0v) is 15.3. The van der Waals surface area contributed by atoms with Gasteiger partial charge in [-0.25, -0.2) is 0 Å². The van der Waals surface area contributed by atoms with Crippen molar-refractivity contribution in [2.24, 2.45) is 0 Å². The molecule has 134 valence electrons. The molecule has 1 N–H and O–H groups in total. The van der Waals surface area contributed by atoms with Crippen LogP contribution in [-0.2, 0) is 4.79 Å². The molecule has 1 unspecified atom stereocenters. The molecule has 2 aliphatic rings. The van der Waals surface area contributed by atoms with Crippen LogP contribution < -0.4 is 5.32 Å². The van der Waals surface area contributed by atoms with Gasteiger partial charge in [-0.2, -0.15) is 0 Å². The summed E-state index contributed by atoms with van der Waals surface area (Å²) in [5, 5.41) is 3.31. The van der Waals surface area contributed by atoms with Crippen LogP contribution in [0.3, 0.4) is 0 Å². The number of carbonyl (C=O) groups is 1. The van der Waals surface area contributed by atoms with Crippen molar-refractivity contribution >= 4 is 18.3 Å². The van der Waals surface area contributed by atoms with Gasteiger partial charge in [-0.3, -0.25) is 9.69 Å². The number of rotatable bonds is 4. The minimum atomic E-state index is 0. The number of benzene rings is 1. The number of halogens is 1. The summed E-state index contributed by atoms with van der Waals surface area (Å²) in [6, 6.07) is 11.3. The average molecular weight is 352 g/mol. The highest BCUT2D eigenvalue weighted by molar-refractivity contribution is 5.85. The quantitative estimate of drug-likeness (QED) is 0.906. The molecule has 1 atom stereocenters. The largest absolute Gasteiger partial charge is 0.340 e. The highest BCUT2D eigenvalue weighted by atomic mass is 35.5. The number of carbonyl (C=O) groups excluding carboxylic acids is 1. The van der Waals surface area contributed by atoms with Gasteiger partial charge in [-0.15, -0.1) is 12.4 Å². The number of nitrogens with one attached hydrogen (secondary N) is 1. The van der Waals surface area contributed by atoms with Crippen molar-refractivity contribution < 1.29 is 4.79 Å². The lowest BCUT2D eigenvalue weighted by Crippen LogP contribution is -2.47. The molecule has 4 nitrogen and oxygen atoms in total. The van der Waals surface area contributed by atoms with E-state index < -0.39 is 0 Å². The molecule has 5 heteroatoms. The fourth-order valence-electron chi connectivity index (χ4n) is 3.80. The molecule has 0 bridgehead atoms. The summed E-state index contributed by atoms with van der Waals surface area (Å²) in [7, 11) is 0. The first-order valence-corrected chi connectivity index (χ1v) is 9.12. The number of hydrogen-bond donors (Lipinski definition) is 1. The molecule has 0 saturated carbocycles. The molecule has 0 radical (unpaired) electrons. The summed E-state index contributed by atoms with van der Waals surface area (Å²) >= 11 is 0. The van der Waals surface area contributed by atoms with E-state index in [0.717, 1.165) is 39.3 Å². The zero-order valence-electron chi connectivity index (χ0n) is 14.5. The third-order valence-corrected chi connectivity index (χ3v) is 5.13. The van der Waals surface area contributed by atoms with Gasteiger partial charge in [0.2, 0.25) is 5.91 Å². The van der Waals surface area contributed by atoms with E-state index in [0.29, 0.717) is 18.4 Å². The van der Waals surface area contributed by atoms with E-state index in [2.05, 4.69) is 40.5 Å². The monoisotopic (exact) mass is 351 g/mol. The molecular formula is C19H30ClN3O. The maximum absolute atomic E-state index is 12.4. The highest BCUT2D eigenvalue weighted by Crippen LogP contribution is 2.30. The van der Waals surface area contributed by atoms with Gasteiger partial charge < -0.3 is 10.2 Å².